The number of halogens is 1. The molecule has 1 aromatic heterocycles. The summed E-state index contributed by atoms with van der Waals surface area (Å²) >= 11 is 3.53. The van der Waals surface area contributed by atoms with E-state index in [1.54, 1.807) is 0 Å². The highest BCUT2D eigenvalue weighted by Gasteiger charge is 2.11. The van der Waals surface area contributed by atoms with E-state index in [1.807, 2.05) is 55.5 Å². The smallest absolute Gasteiger partial charge is 0.225 e. The number of nitrogens with two attached hydrogens (primary N) is 1. The Bertz CT molecular complexity index is 541. The normalized spacial score (nSPS) is 12.2. The largest absolute Gasteiger partial charge is 0.340 e. The first-order chi connectivity index (χ1) is 9.13. The van der Waals surface area contributed by atoms with Gasteiger partial charge >= 0.3 is 0 Å². The molecule has 1 unspecified atom stereocenters. The molecular weight excluding hydrogens is 304 g/mol. The Morgan fingerprint density at radius 3 is 2.47 bits per heavy atom. The van der Waals surface area contributed by atoms with Gasteiger partial charge in [-0.3, -0.25) is 0 Å². The molecule has 19 heavy (non-hydrogen) atoms. The Morgan fingerprint density at radius 1 is 1.26 bits per heavy atom. The van der Waals surface area contributed by atoms with Crippen LogP contribution >= 0.6 is 15.9 Å². The molecule has 0 saturated heterocycles. The zero-order valence-electron chi connectivity index (χ0n) is 11.0. The molecule has 1 atom stereocenters. The van der Waals surface area contributed by atoms with Crippen molar-refractivity contribution in [2.45, 2.75) is 13.0 Å². The molecule has 0 aliphatic rings. The lowest BCUT2D eigenvalue weighted by atomic mass is 10.1. The quantitative estimate of drug-likeness (QED) is 0.941. The van der Waals surface area contributed by atoms with Crippen LogP contribution in [0.25, 0.3) is 11.1 Å². The molecule has 100 valence electrons. The molecule has 2 rings (SSSR count). The summed E-state index contributed by atoms with van der Waals surface area (Å²) in [6.45, 7) is 2.62. The Hall–Kier alpha value is -1.46. The first-order valence-electron chi connectivity index (χ1n) is 6.13. The first-order valence-corrected chi connectivity index (χ1v) is 6.92. The topological polar surface area (TPSA) is 55.0 Å². The maximum Gasteiger partial charge on any atom is 0.225 e. The molecule has 0 saturated carbocycles. The molecule has 0 radical (unpaired) electrons. The molecule has 1 aromatic carbocycles. The van der Waals surface area contributed by atoms with Crippen LogP contribution in [0, 0.1) is 0 Å². The lowest BCUT2D eigenvalue weighted by Crippen LogP contribution is -2.36. The fourth-order valence-electron chi connectivity index (χ4n) is 1.69. The standard InChI is InChI=1S/C14H17BrN4/c1-10(7-16)19(2)14-17-8-11(9-18-14)12-5-3-4-6-13(12)15/h3-6,8-10H,7,16H2,1-2H3. The van der Waals surface area contributed by atoms with Crippen molar-refractivity contribution in [1.82, 2.24) is 9.97 Å². The maximum atomic E-state index is 5.65. The van der Waals surface area contributed by atoms with Gasteiger partial charge in [-0.2, -0.15) is 0 Å². The zero-order valence-corrected chi connectivity index (χ0v) is 12.6. The van der Waals surface area contributed by atoms with E-state index in [2.05, 4.69) is 25.9 Å². The van der Waals surface area contributed by atoms with Gasteiger partial charge in [-0.25, -0.2) is 9.97 Å². The third kappa shape index (κ3) is 3.11. The van der Waals surface area contributed by atoms with Crippen molar-refractivity contribution in [3.8, 4) is 11.1 Å². The van der Waals surface area contributed by atoms with E-state index < -0.39 is 0 Å². The van der Waals surface area contributed by atoms with E-state index in [9.17, 15) is 0 Å². The monoisotopic (exact) mass is 320 g/mol. The summed E-state index contributed by atoms with van der Waals surface area (Å²) in [6, 6.07) is 8.24. The molecule has 5 heteroatoms. The van der Waals surface area contributed by atoms with E-state index in [0.717, 1.165) is 15.6 Å². The minimum Gasteiger partial charge on any atom is -0.340 e. The molecule has 0 spiro atoms. The van der Waals surface area contributed by atoms with Gasteiger partial charge in [0, 0.05) is 42.1 Å². The Labute approximate surface area is 121 Å². The summed E-state index contributed by atoms with van der Waals surface area (Å²) in [5.41, 5.74) is 7.73. The van der Waals surface area contributed by atoms with Gasteiger partial charge in [0.05, 0.1) is 0 Å². The first kappa shape index (κ1) is 14.0. The van der Waals surface area contributed by atoms with Crippen LogP contribution in [0.2, 0.25) is 0 Å². The van der Waals surface area contributed by atoms with Crippen LogP contribution in [0.4, 0.5) is 5.95 Å². The number of hydrogen-bond donors (Lipinski definition) is 1. The van der Waals surface area contributed by atoms with Crippen LogP contribution in [-0.2, 0) is 0 Å². The van der Waals surface area contributed by atoms with Gasteiger partial charge in [0.25, 0.3) is 0 Å². The van der Waals surface area contributed by atoms with Gasteiger partial charge in [0.2, 0.25) is 5.95 Å². The fourth-order valence-corrected chi connectivity index (χ4v) is 2.21. The molecular formula is C14H17BrN4. The second-order valence-corrected chi connectivity index (χ2v) is 5.30. The van der Waals surface area contributed by atoms with Crippen molar-refractivity contribution in [3.63, 3.8) is 0 Å². The lowest BCUT2D eigenvalue weighted by Gasteiger charge is -2.23. The van der Waals surface area contributed by atoms with Crippen LogP contribution in [0.5, 0.6) is 0 Å². The summed E-state index contributed by atoms with van der Waals surface area (Å²) in [4.78, 5) is 10.8. The van der Waals surface area contributed by atoms with Crippen molar-refractivity contribution in [2.75, 3.05) is 18.5 Å². The summed E-state index contributed by atoms with van der Waals surface area (Å²) in [5.74, 6) is 0.689. The van der Waals surface area contributed by atoms with Crippen molar-refractivity contribution >= 4 is 21.9 Å². The van der Waals surface area contributed by atoms with Gasteiger partial charge < -0.3 is 10.6 Å². The molecule has 4 nitrogen and oxygen atoms in total. The predicted octanol–water partition coefficient (Wildman–Crippen LogP) is 2.69. The molecule has 0 aliphatic heterocycles. The van der Waals surface area contributed by atoms with Crippen molar-refractivity contribution < 1.29 is 0 Å². The highest BCUT2D eigenvalue weighted by atomic mass is 79.9. The van der Waals surface area contributed by atoms with Gasteiger partial charge in [0.15, 0.2) is 0 Å². The SMILES string of the molecule is CC(CN)N(C)c1ncc(-c2ccccc2Br)cn1. The number of hydrogen-bond acceptors (Lipinski definition) is 4. The predicted molar refractivity (Wildman–Crippen MR) is 82.1 cm³/mol. The minimum absolute atomic E-state index is 0.217. The van der Waals surface area contributed by atoms with Gasteiger partial charge in [0.1, 0.15) is 0 Å². The van der Waals surface area contributed by atoms with Gasteiger partial charge in [-0.1, -0.05) is 34.1 Å². The average molecular weight is 321 g/mol. The number of anilines is 1. The zero-order chi connectivity index (χ0) is 13.8. The Balaban J connectivity index is 2.26. The summed E-state index contributed by atoms with van der Waals surface area (Å²) in [5, 5.41) is 0. The van der Waals surface area contributed by atoms with E-state index in [0.29, 0.717) is 12.5 Å². The van der Waals surface area contributed by atoms with Crippen molar-refractivity contribution in [2.24, 2.45) is 5.73 Å². The molecule has 0 aliphatic carbocycles. The molecule has 2 N–H and O–H groups in total. The van der Waals surface area contributed by atoms with Crippen LogP contribution < -0.4 is 10.6 Å². The minimum atomic E-state index is 0.217. The fraction of sp³-hybridized carbons (Fsp3) is 0.286. The number of benzene rings is 1. The van der Waals surface area contributed by atoms with Gasteiger partial charge in [-0.15, -0.1) is 0 Å². The van der Waals surface area contributed by atoms with E-state index in [-0.39, 0.29) is 6.04 Å². The maximum absolute atomic E-state index is 5.65. The third-order valence-corrected chi connectivity index (χ3v) is 3.83. The molecule has 0 bridgehead atoms. The number of likely N-dealkylation sites (N-methyl/N-ethyl adjacent to an activating group) is 1. The van der Waals surface area contributed by atoms with E-state index in [1.165, 1.54) is 0 Å². The number of aromatic nitrogens is 2. The highest BCUT2D eigenvalue weighted by molar-refractivity contribution is 9.10. The molecule has 1 heterocycles. The van der Waals surface area contributed by atoms with Crippen LogP contribution in [0.3, 0.4) is 0 Å². The van der Waals surface area contributed by atoms with Crippen molar-refractivity contribution in [3.05, 3.63) is 41.1 Å². The molecule has 0 fully saturated rings. The number of rotatable bonds is 4. The van der Waals surface area contributed by atoms with Crippen LogP contribution in [0.1, 0.15) is 6.92 Å². The summed E-state index contributed by atoms with van der Waals surface area (Å²) in [7, 11) is 1.95. The van der Waals surface area contributed by atoms with Crippen molar-refractivity contribution in [1.29, 1.82) is 0 Å². The van der Waals surface area contributed by atoms with Crippen LogP contribution in [-0.4, -0.2) is 29.6 Å². The van der Waals surface area contributed by atoms with E-state index in [4.69, 9.17) is 5.73 Å². The Morgan fingerprint density at radius 2 is 1.89 bits per heavy atom. The second kappa shape index (κ2) is 6.12. The summed E-state index contributed by atoms with van der Waals surface area (Å²) in [6.07, 6.45) is 3.67. The molecule has 2 aromatic rings. The average Bonchev–Trinajstić information content (AvgIpc) is 2.46. The third-order valence-electron chi connectivity index (χ3n) is 3.14. The summed E-state index contributed by atoms with van der Waals surface area (Å²) < 4.78 is 1.04. The number of nitrogens with zero attached hydrogens (tertiary/aromatic N) is 3. The lowest BCUT2D eigenvalue weighted by molar-refractivity contribution is 0.678. The van der Waals surface area contributed by atoms with E-state index >= 15 is 0 Å². The van der Waals surface area contributed by atoms with Crippen LogP contribution in [0.15, 0.2) is 41.1 Å². The highest BCUT2D eigenvalue weighted by Crippen LogP contribution is 2.27. The second-order valence-electron chi connectivity index (χ2n) is 4.45. The molecule has 0 amide bonds. The van der Waals surface area contributed by atoms with Gasteiger partial charge in [-0.05, 0) is 18.6 Å². The Kier molecular flexibility index (Phi) is 4.50.